The lowest BCUT2D eigenvalue weighted by molar-refractivity contribution is -0.140. The molecule has 31 heavy (non-hydrogen) atoms. The quantitative estimate of drug-likeness (QED) is 0.667. The molecule has 1 fully saturated rings. The van der Waals surface area contributed by atoms with E-state index in [4.69, 9.17) is 14.2 Å². The molecule has 0 aliphatic carbocycles. The number of methoxy groups -OCH3 is 3. The molecule has 1 saturated heterocycles. The molecule has 0 unspecified atom stereocenters. The van der Waals surface area contributed by atoms with Crippen LogP contribution in [0.4, 0.5) is 0 Å². The zero-order valence-corrected chi connectivity index (χ0v) is 18.6. The number of nitrogens with zero attached hydrogens (tertiary/aromatic N) is 1. The van der Waals surface area contributed by atoms with Crippen LogP contribution in [0.25, 0.3) is 0 Å². The van der Waals surface area contributed by atoms with Gasteiger partial charge in [-0.3, -0.25) is 9.59 Å². The first-order valence-electron chi connectivity index (χ1n) is 10.3. The van der Waals surface area contributed by atoms with E-state index in [1.54, 1.807) is 26.2 Å². The molecule has 2 amide bonds. The van der Waals surface area contributed by atoms with Crippen molar-refractivity contribution in [1.82, 2.24) is 10.2 Å². The molecule has 1 atom stereocenters. The summed E-state index contributed by atoms with van der Waals surface area (Å²) in [5.41, 5.74) is 1.08. The van der Waals surface area contributed by atoms with E-state index in [-0.39, 0.29) is 11.8 Å². The molecule has 2 aromatic carbocycles. The summed E-state index contributed by atoms with van der Waals surface area (Å²) >= 11 is 0. The van der Waals surface area contributed by atoms with E-state index in [0.717, 1.165) is 11.1 Å². The molecule has 2 aromatic rings. The molecular weight excluding hydrogens is 396 g/mol. The zero-order chi connectivity index (χ0) is 22.4. The smallest absolute Gasteiger partial charge is 0.245 e. The third-order valence-electron chi connectivity index (χ3n) is 5.86. The Balaban J connectivity index is 1.72. The minimum absolute atomic E-state index is 0.00944. The lowest BCUT2D eigenvalue weighted by atomic mass is 9.97. The van der Waals surface area contributed by atoms with Crippen LogP contribution in [0.15, 0.2) is 42.5 Å². The molecule has 1 aliphatic heterocycles. The van der Waals surface area contributed by atoms with Gasteiger partial charge in [0.1, 0.15) is 5.54 Å². The monoisotopic (exact) mass is 426 g/mol. The van der Waals surface area contributed by atoms with Gasteiger partial charge in [0.05, 0.1) is 21.3 Å². The van der Waals surface area contributed by atoms with Crippen molar-refractivity contribution in [3.05, 3.63) is 53.6 Å². The minimum Gasteiger partial charge on any atom is -0.493 e. The molecule has 0 radical (unpaired) electrons. The van der Waals surface area contributed by atoms with Crippen LogP contribution in [0.2, 0.25) is 0 Å². The van der Waals surface area contributed by atoms with Gasteiger partial charge in [-0.15, -0.1) is 0 Å². The third kappa shape index (κ3) is 4.76. The fraction of sp³-hybridized carbons (Fsp3) is 0.417. The van der Waals surface area contributed by atoms with E-state index in [0.29, 0.717) is 49.6 Å². The number of carbonyl (C=O) groups excluding carboxylic acids is 2. The van der Waals surface area contributed by atoms with Crippen molar-refractivity contribution >= 4 is 11.8 Å². The Morgan fingerprint density at radius 2 is 1.68 bits per heavy atom. The summed E-state index contributed by atoms with van der Waals surface area (Å²) in [6, 6.07) is 13.5. The number of benzene rings is 2. The number of carbonyl (C=O) groups is 2. The Morgan fingerprint density at radius 3 is 2.26 bits per heavy atom. The molecule has 7 nitrogen and oxygen atoms in total. The Kier molecular flexibility index (Phi) is 7.05. The highest BCUT2D eigenvalue weighted by Crippen LogP contribution is 2.38. The minimum atomic E-state index is -0.869. The second-order valence-corrected chi connectivity index (χ2v) is 7.77. The maximum Gasteiger partial charge on any atom is 0.245 e. The largest absolute Gasteiger partial charge is 0.493 e. The van der Waals surface area contributed by atoms with Crippen LogP contribution in [0.5, 0.6) is 17.2 Å². The number of rotatable bonds is 9. The van der Waals surface area contributed by atoms with Gasteiger partial charge >= 0.3 is 0 Å². The van der Waals surface area contributed by atoms with E-state index in [1.807, 2.05) is 49.4 Å². The molecule has 7 heteroatoms. The van der Waals surface area contributed by atoms with Crippen LogP contribution < -0.4 is 19.5 Å². The predicted molar refractivity (Wildman–Crippen MR) is 117 cm³/mol. The summed E-state index contributed by atoms with van der Waals surface area (Å²) in [4.78, 5) is 27.3. The second kappa shape index (κ2) is 9.73. The summed E-state index contributed by atoms with van der Waals surface area (Å²) < 4.78 is 16.2. The summed E-state index contributed by atoms with van der Waals surface area (Å²) in [7, 11) is 4.70. The first kappa shape index (κ1) is 22.5. The van der Waals surface area contributed by atoms with Crippen LogP contribution in [0.1, 0.15) is 30.9 Å². The van der Waals surface area contributed by atoms with Gasteiger partial charge in [0.2, 0.25) is 17.6 Å². The van der Waals surface area contributed by atoms with E-state index in [2.05, 4.69) is 5.32 Å². The van der Waals surface area contributed by atoms with Gasteiger partial charge in [-0.25, -0.2) is 0 Å². The molecule has 166 valence electrons. The fourth-order valence-corrected chi connectivity index (χ4v) is 3.99. The summed E-state index contributed by atoms with van der Waals surface area (Å²) in [5.74, 6) is 1.51. The molecular formula is C24H30N2O5. The first-order valence-corrected chi connectivity index (χ1v) is 10.3. The van der Waals surface area contributed by atoms with E-state index < -0.39 is 5.54 Å². The van der Waals surface area contributed by atoms with Crippen LogP contribution >= 0.6 is 0 Å². The highest BCUT2D eigenvalue weighted by molar-refractivity contribution is 5.94. The van der Waals surface area contributed by atoms with E-state index in [9.17, 15) is 9.59 Å². The highest BCUT2D eigenvalue weighted by atomic mass is 16.5. The lowest BCUT2D eigenvalue weighted by Gasteiger charge is -2.34. The van der Waals surface area contributed by atoms with E-state index in [1.165, 1.54) is 0 Å². The number of likely N-dealkylation sites (tertiary alicyclic amines) is 1. The number of amides is 2. The van der Waals surface area contributed by atoms with Gasteiger partial charge < -0.3 is 24.4 Å². The van der Waals surface area contributed by atoms with Crippen molar-refractivity contribution in [3.63, 3.8) is 0 Å². The molecule has 1 N–H and O–H groups in total. The van der Waals surface area contributed by atoms with Gasteiger partial charge in [-0.2, -0.15) is 0 Å². The van der Waals surface area contributed by atoms with Gasteiger partial charge in [-0.1, -0.05) is 30.3 Å². The van der Waals surface area contributed by atoms with Gasteiger partial charge in [0.15, 0.2) is 11.5 Å². The standard InChI is InChI=1S/C24H30N2O5/c1-24(23(28)25-16-17-8-6-5-7-9-17)12-10-21(27)26(24)13-11-18-14-19(29-2)22(31-4)20(15-18)30-3/h5-9,14-15H,10-13,16H2,1-4H3,(H,25,28)/t24-/m0/s1. The lowest BCUT2D eigenvalue weighted by Crippen LogP contribution is -2.54. The Morgan fingerprint density at radius 1 is 1.03 bits per heavy atom. The maximum atomic E-state index is 13.0. The molecule has 1 aliphatic rings. The number of ether oxygens (including phenoxy) is 3. The molecule has 0 aromatic heterocycles. The average Bonchev–Trinajstić information content (AvgIpc) is 3.10. The van der Waals surface area contributed by atoms with E-state index >= 15 is 0 Å². The van der Waals surface area contributed by atoms with Crippen molar-refractivity contribution in [2.75, 3.05) is 27.9 Å². The molecule has 3 rings (SSSR count). The number of hydrogen-bond donors (Lipinski definition) is 1. The van der Waals surface area contributed by atoms with Gasteiger partial charge in [0, 0.05) is 19.5 Å². The van der Waals surface area contributed by atoms with Crippen molar-refractivity contribution in [2.24, 2.45) is 0 Å². The van der Waals surface area contributed by atoms with Crippen molar-refractivity contribution < 1.29 is 23.8 Å². The average molecular weight is 427 g/mol. The normalized spacial score (nSPS) is 18.1. The van der Waals surface area contributed by atoms with Crippen LogP contribution in [-0.4, -0.2) is 50.1 Å². The van der Waals surface area contributed by atoms with Crippen molar-refractivity contribution in [2.45, 2.75) is 38.3 Å². The molecule has 0 saturated carbocycles. The summed E-state index contributed by atoms with van der Waals surface area (Å²) in [6.45, 7) is 2.70. The topological polar surface area (TPSA) is 77.1 Å². The van der Waals surface area contributed by atoms with Gasteiger partial charge in [0.25, 0.3) is 0 Å². The number of nitrogens with one attached hydrogen (secondary N) is 1. The van der Waals surface area contributed by atoms with Gasteiger partial charge in [-0.05, 0) is 43.0 Å². The maximum absolute atomic E-state index is 13.0. The number of hydrogen-bond acceptors (Lipinski definition) is 5. The van der Waals surface area contributed by atoms with Crippen molar-refractivity contribution in [1.29, 1.82) is 0 Å². The Labute approximate surface area is 183 Å². The third-order valence-corrected chi connectivity index (χ3v) is 5.86. The SMILES string of the molecule is COc1cc(CCN2C(=O)CC[C@@]2(C)C(=O)NCc2ccccc2)cc(OC)c1OC. The second-order valence-electron chi connectivity index (χ2n) is 7.77. The highest BCUT2D eigenvalue weighted by Gasteiger charge is 2.46. The predicted octanol–water partition coefficient (Wildman–Crippen LogP) is 2.95. The molecule has 1 heterocycles. The van der Waals surface area contributed by atoms with Crippen LogP contribution in [0.3, 0.4) is 0 Å². The van der Waals surface area contributed by atoms with Crippen molar-refractivity contribution in [3.8, 4) is 17.2 Å². The van der Waals surface area contributed by atoms with Crippen LogP contribution in [0, 0.1) is 0 Å². The summed E-state index contributed by atoms with van der Waals surface area (Å²) in [5, 5.41) is 2.99. The summed E-state index contributed by atoms with van der Waals surface area (Å²) in [6.07, 6.45) is 1.43. The Hall–Kier alpha value is -3.22. The first-order chi connectivity index (χ1) is 14.9. The Bertz CT molecular complexity index is 906. The fourth-order valence-electron chi connectivity index (χ4n) is 3.99. The molecule has 0 bridgehead atoms. The molecule has 0 spiro atoms. The van der Waals surface area contributed by atoms with Crippen LogP contribution in [-0.2, 0) is 22.6 Å². The zero-order valence-electron chi connectivity index (χ0n) is 18.6.